The molecule has 0 fully saturated rings. The summed E-state index contributed by atoms with van der Waals surface area (Å²) in [6, 6.07) is 16.1. The van der Waals surface area contributed by atoms with Crippen LogP contribution < -0.4 is 0 Å². The molecule has 120 valence electrons. The first-order valence-electron chi connectivity index (χ1n) is 7.97. The second-order valence-electron chi connectivity index (χ2n) is 6.08. The topological polar surface area (TPSA) is 51.0 Å². The molecular formula is C19H18N4O. The van der Waals surface area contributed by atoms with Crippen LogP contribution in [0.25, 0.3) is 11.1 Å². The van der Waals surface area contributed by atoms with E-state index in [1.807, 2.05) is 43.1 Å². The standard InChI is InChI=1S/C19H18N4O/c1-13(23-12-20-11-21-23)19(24)22(2)18-16-9-5-3-7-14(16)15-8-4-6-10-17(15)18/h3-13,18H,1-2H3/t13-/m1/s1. The fourth-order valence-corrected chi connectivity index (χ4v) is 3.50. The molecule has 1 aromatic heterocycles. The van der Waals surface area contributed by atoms with Crippen LogP contribution in [0.5, 0.6) is 0 Å². The van der Waals surface area contributed by atoms with E-state index in [2.05, 4.69) is 34.3 Å². The van der Waals surface area contributed by atoms with Crippen molar-refractivity contribution in [3.05, 3.63) is 72.3 Å². The molecule has 1 aliphatic rings. The Morgan fingerprint density at radius 3 is 2.21 bits per heavy atom. The molecule has 5 nitrogen and oxygen atoms in total. The van der Waals surface area contributed by atoms with E-state index < -0.39 is 6.04 Å². The number of hydrogen-bond donors (Lipinski definition) is 0. The average Bonchev–Trinajstić information content (AvgIpc) is 3.26. The van der Waals surface area contributed by atoms with E-state index in [9.17, 15) is 4.79 Å². The molecule has 0 radical (unpaired) electrons. The fraction of sp³-hybridized carbons (Fsp3) is 0.211. The minimum atomic E-state index is -0.391. The summed E-state index contributed by atoms with van der Waals surface area (Å²) in [5.41, 5.74) is 4.73. The molecule has 0 N–H and O–H groups in total. The van der Waals surface area contributed by atoms with Crippen molar-refractivity contribution in [3.63, 3.8) is 0 Å². The van der Waals surface area contributed by atoms with Gasteiger partial charge in [0, 0.05) is 7.05 Å². The second-order valence-corrected chi connectivity index (χ2v) is 6.08. The Labute approximate surface area is 140 Å². The zero-order valence-corrected chi connectivity index (χ0v) is 13.6. The highest BCUT2D eigenvalue weighted by Crippen LogP contribution is 2.46. The van der Waals surface area contributed by atoms with Gasteiger partial charge in [-0.1, -0.05) is 48.5 Å². The zero-order valence-electron chi connectivity index (χ0n) is 13.6. The van der Waals surface area contributed by atoms with E-state index in [1.54, 1.807) is 11.0 Å². The molecule has 3 aromatic rings. The molecule has 4 rings (SSSR count). The van der Waals surface area contributed by atoms with Crippen molar-refractivity contribution in [2.24, 2.45) is 0 Å². The molecule has 1 aliphatic carbocycles. The van der Waals surface area contributed by atoms with Gasteiger partial charge in [-0.3, -0.25) is 4.79 Å². The molecule has 0 saturated carbocycles. The van der Waals surface area contributed by atoms with E-state index in [1.165, 1.54) is 28.6 Å². The molecule has 0 bridgehead atoms. The lowest BCUT2D eigenvalue weighted by atomic mass is 10.0. The van der Waals surface area contributed by atoms with Crippen molar-refractivity contribution in [3.8, 4) is 11.1 Å². The van der Waals surface area contributed by atoms with E-state index in [0.717, 1.165) is 0 Å². The molecule has 1 amide bonds. The fourth-order valence-electron chi connectivity index (χ4n) is 3.50. The van der Waals surface area contributed by atoms with Crippen LogP contribution in [0.3, 0.4) is 0 Å². The molecule has 0 spiro atoms. The van der Waals surface area contributed by atoms with Gasteiger partial charge < -0.3 is 4.90 Å². The molecule has 0 saturated heterocycles. The predicted molar refractivity (Wildman–Crippen MR) is 91.2 cm³/mol. The molecule has 1 heterocycles. The molecule has 0 unspecified atom stereocenters. The zero-order chi connectivity index (χ0) is 16.7. The van der Waals surface area contributed by atoms with Crippen LogP contribution in [0.4, 0.5) is 0 Å². The largest absolute Gasteiger partial charge is 0.333 e. The summed E-state index contributed by atoms with van der Waals surface area (Å²) < 4.78 is 1.59. The van der Waals surface area contributed by atoms with Crippen molar-refractivity contribution in [2.45, 2.75) is 19.0 Å². The van der Waals surface area contributed by atoms with Gasteiger partial charge >= 0.3 is 0 Å². The number of hydrogen-bond acceptors (Lipinski definition) is 3. The summed E-state index contributed by atoms with van der Waals surface area (Å²) in [4.78, 5) is 18.7. The first kappa shape index (κ1) is 14.6. The maximum absolute atomic E-state index is 13.0. The quantitative estimate of drug-likeness (QED) is 0.746. The van der Waals surface area contributed by atoms with E-state index in [-0.39, 0.29) is 11.9 Å². The normalized spacial score (nSPS) is 14.1. The number of aromatic nitrogens is 3. The molecule has 5 heteroatoms. The van der Waals surface area contributed by atoms with Crippen LogP contribution in [0, 0.1) is 0 Å². The number of rotatable bonds is 3. The summed E-state index contributed by atoms with van der Waals surface area (Å²) in [5.74, 6) is 0.0111. The lowest BCUT2D eigenvalue weighted by Crippen LogP contribution is -2.36. The first-order chi connectivity index (χ1) is 11.7. The number of benzene rings is 2. The number of fused-ring (bicyclic) bond motifs is 3. The Hall–Kier alpha value is -2.95. The SMILES string of the molecule is C[C@H](C(=O)N(C)C1c2ccccc2-c2ccccc21)n1cncn1. The highest BCUT2D eigenvalue weighted by Gasteiger charge is 2.34. The monoisotopic (exact) mass is 318 g/mol. The van der Waals surface area contributed by atoms with Crippen molar-refractivity contribution >= 4 is 5.91 Å². The van der Waals surface area contributed by atoms with Crippen LogP contribution in [0.1, 0.15) is 30.1 Å². The van der Waals surface area contributed by atoms with Gasteiger partial charge in [-0.25, -0.2) is 9.67 Å². The lowest BCUT2D eigenvalue weighted by molar-refractivity contribution is -0.134. The third kappa shape index (κ3) is 2.12. The van der Waals surface area contributed by atoms with Crippen molar-refractivity contribution in [1.82, 2.24) is 19.7 Å². The summed E-state index contributed by atoms with van der Waals surface area (Å²) in [6.07, 6.45) is 3.02. The molecular weight excluding hydrogens is 300 g/mol. The number of likely N-dealkylation sites (N-methyl/N-ethyl adjacent to an activating group) is 1. The van der Waals surface area contributed by atoms with Gasteiger partial charge in [-0.2, -0.15) is 5.10 Å². The van der Waals surface area contributed by atoms with Crippen molar-refractivity contribution in [2.75, 3.05) is 7.05 Å². The summed E-state index contributed by atoms with van der Waals surface area (Å²) in [6.45, 7) is 1.85. The molecule has 1 atom stereocenters. The minimum Gasteiger partial charge on any atom is -0.333 e. The molecule has 2 aromatic carbocycles. The van der Waals surface area contributed by atoms with Gasteiger partial charge in [0.15, 0.2) is 0 Å². The number of nitrogens with zero attached hydrogens (tertiary/aromatic N) is 4. The predicted octanol–water partition coefficient (Wildman–Crippen LogP) is 3.07. The lowest BCUT2D eigenvalue weighted by Gasteiger charge is -2.29. The Morgan fingerprint density at radius 2 is 1.67 bits per heavy atom. The van der Waals surface area contributed by atoms with Gasteiger partial charge in [-0.15, -0.1) is 0 Å². The number of carbonyl (C=O) groups is 1. The third-order valence-electron chi connectivity index (χ3n) is 4.73. The average molecular weight is 318 g/mol. The van der Waals surface area contributed by atoms with Crippen LogP contribution in [-0.2, 0) is 4.79 Å². The highest BCUT2D eigenvalue weighted by atomic mass is 16.2. The van der Waals surface area contributed by atoms with Gasteiger partial charge in [-0.05, 0) is 29.2 Å². The maximum atomic E-state index is 13.0. The molecule has 24 heavy (non-hydrogen) atoms. The number of carbonyl (C=O) groups excluding carboxylic acids is 1. The van der Waals surface area contributed by atoms with E-state index in [4.69, 9.17) is 0 Å². The smallest absolute Gasteiger partial charge is 0.247 e. The van der Waals surface area contributed by atoms with Gasteiger partial charge in [0.2, 0.25) is 5.91 Å². The minimum absolute atomic E-state index is 0.0111. The van der Waals surface area contributed by atoms with Gasteiger partial charge in [0.05, 0.1) is 6.04 Å². The van der Waals surface area contributed by atoms with Gasteiger partial charge in [0.1, 0.15) is 18.7 Å². The van der Waals surface area contributed by atoms with E-state index >= 15 is 0 Å². The summed E-state index contributed by atoms with van der Waals surface area (Å²) >= 11 is 0. The Balaban J connectivity index is 1.74. The van der Waals surface area contributed by atoms with Crippen molar-refractivity contribution < 1.29 is 4.79 Å². The molecule has 0 aliphatic heterocycles. The van der Waals surface area contributed by atoms with Crippen LogP contribution >= 0.6 is 0 Å². The Morgan fingerprint density at radius 1 is 1.08 bits per heavy atom. The van der Waals surface area contributed by atoms with Crippen LogP contribution in [0.15, 0.2) is 61.2 Å². The second kappa shape index (κ2) is 5.60. The van der Waals surface area contributed by atoms with Crippen molar-refractivity contribution in [1.29, 1.82) is 0 Å². The highest BCUT2D eigenvalue weighted by molar-refractivity contribution is 5.85. The first-order valence-corrected chi connectivity index (χ1v) is 7.97. The summed E-state index contributed by atoms with van der Waals surface area (Å²) in [5, 5.41) is 4.09. The Bertz CT molecular complexity index is 842. The van der Waals surface area contributed by atoms with Gasteiger partial charge in [0.25, 0.3) is 0 Å². The van der Waals surface area contributed by atoms with Crippen LogP contribution in [0.2, 0.25) is 0 Å². The Kier molecular flexibility index (Phi) is 3.41. The van der Waals surface area contributed by atoms with Crippen LogP contribution in [-0.4, -0.2) is 32.6 Å². The maximum Gasteiger partial charge on any atom is 0.247 e. The summed E-state index contributed by atoms with van der Waals surface area (Å²) in [7, 11) is 1.86. The third-order valence-corrected chi connectivity index (χ3v) is 4.73. The van der Waals surface area contributed by atoms with E-state index in [0.29, 0.717) is 0 Å². The number of amides is 1.